The summed E-state index contributed by atoms with van der Waals surface area (Å²) in [5.41, 5.74) is -0.248. The molecule has 1 aromatic rings. The number of alkyl halides is 1. The number of rotatable bonds is 5. The minimum Gasteiger partial charge on any atom is -0.390 e. The van der Waals surface area contributed by atoms with Crippen LogP contribution in [0.3, 0.4) is 0 Å². The first-order valence-corrected chi connectivity index (χ1v) is 5.00. The Kier molecular flexibility index (Phi) is 4.45. The average molecular weight is 249 g/mol. The van der Waals surface area contributed by atoms with Crippen LogP contribution in [0.2, 0.25) is 0 Å². The molecule has 1 aromatic carbocycles. The van der Waals surface area contributed by atoms with E-state index < -0.39 is 16.8 Å². The lowest BCUT2D eigenvalue weighted by Gasteiger charge is -2.10. The number of aliphatic hydroxyl groups excluding tert-OH is 1. The third-order valence-electron chi connectivity index (χ3n) is 1.87. The molecule has 5 nitrogen and oxygen atoms in total. The van der Waals surface area contributed by atoms with E-state index in [1.807, 2.05) is 0 Å². The number of hydrogen-bond acceptors (Lipinski definition) is 4. The highest BCUT2D eigenvalue weighted by atomic mass is 35.5. The molecule has 88 valence electrons. The largest absolute Gasteiger partial charge is 0.390 e. The molecule has 7 heteroatoms. The maximum absolute atomic E-state index is 13.2. The van der Waals surface area contributed by atoms with Crippen molar-refractivity contribution in [1.29, 1.82) is 0 Å². The number of benzene rings is 1. The molecule has 0 aliphatic rings. The van der Waals surface area contributed by atoms with Gasteiger partial charge in [-0.1, -0.05) is 0 Å². The van der Waals surface area contributed by atoms with Gasteiger partial charge in [-0.3, -0.25) is 10.1 Å². The fourth-order valence-corrected chi connectivity index (χ4v) is 1.15. The van der Waals surface area contributed by atoms with Gasteiger partial charge in [0.05, 0.1) is 22.6 Å². The second-order valence-corrected chi connectivity index (χ2v) is 3.42. The van der Waals surface area contributed by atoms with Gasteiger partial charge in [0, 0.05) is 18.7 Å². The van der Waals surface area contributed by atoms with Gasteiger partial charge >= 0.3 is 0 Å². The molecule has 0 saturated heterocycles. The van der Waals surface area contributed by atoms with Gasteiger partial charge in [0.25, 0.3) is 5.69 Å². The van der Waals surface area contributed by atoms with Crippen LogP contribution in [-0.2, 0) is 0 Å². The van der Waals surface area contributed by atoms with E-state index in [4.69, 9.17) is 16.7 Å². The SMILES string of the molecule is O=[N+]([O-])c1ccc(F)c(NCC(O)CCl)c1. The molecule has 1 atom stereocenters. The maximum atomic E-state index is 13.2. The first kappa shape index (κ1) is 12.7. The molecule has 2 N–H and O–H groups in total. The minimum absolute atomic E-state index is 0.00352. The molecule has 0 heterocycles. The number of aliphatic hydroxyl groups is 1. The summed E-state index contributed by atoms with van der Waals surface area (Å²) in [4.78, 5) is 9.82. The molecule has 1 unspecified atom stereocenters. The average Bonchev–Trinajstić information content (AvgIpc) is 2.27. The Hall–Kier alpha value is -1.40. The second kappa shape index (κ2) is 5.62. The topological polar surface area (TPSA) is 75.4 Å². The van der Waals surface area contributed by atoms with Gasteiger partial charge in [-0.2, -0.15) is 0 Å². The van der Waals surface area contributed by atoms with Crippen LogP contribution >= 0.6 is 11.6 Å². The highest BCUT2D eigenvalue weighted by Gasteiger charge is 2.11. The molecular weight excluding hydrogens is 239 g/mol. The Balaban J connectivity index is 2.78. The van der Waals surface area contributed by atoms with Crippen LogP contribution in [0.15, 0.2) is 18.2 Å². The Morgan fingerprint density at radius 1 is 1.62 bits per heavy atom. The summed E-state index contributed by atoms with van der Waals surface area (Å²) in [6, 6.07) is 3.13. The monoisotopic (exact) mass is 248 g/mol. The van der Waals surface area contributed by atoms with Crippen molar-refractivity contribution in [2.75, 3.05) is 17.7 Å². The van der Waals surface area contributed by atoms with Gasteiger partial charge in [-0.25, -0.2) is 4.39 Å². The predicted molar refractivity (Wildman–Crippen MR) is 58.3 cm³/mol. The van der Waals surface area contributed by atoms with Crippen LogP contribution in [0.4, 0.5) is 15.8 Å². The van der Waals surface area contributed by atoms with Gasteiger partial charge in [-0.05, 0) is 6.07 Å². The van der Waals surface area contributed by atoms with E-state index in [9.17, 15) is 14.5 Å². The van der Waals surface area contributed by atoms with Crippen LogP contribution in [0, 0.1) is 15.9 Å². The molecule has 16 heavy (non-hydrogen) atoms. The summed E-state index contributed by atoms with van der Waals surface area (Å²) in [5.74, 6) is -0.615. The lowest BCUT2D eigenvalue weighted by Crippen LogP contribution is -2.21. The Morgan fingerprint density at radius 2 is 2.31 bits per heavy atom. The van der Waals surface area contributed by atoms with Crippen molar-refractivity contribution in [3.63, 3.8) is 0 Å². The van der Waals surface area contributed by atoms with Gasteiger partial charge in [0.1, 0.15) is 5.82 Å². The number of nitro groups is 1. The second-order valence-electron chi connectivity index (χ2n) is 3.11. The van der Waals surface area contributed by atoms with E-state index in [1.54, 1.807) is 0 Å². The van der Waals surface area contributed by atoms with E-state index in [-0.39, 0.29) is 23.8 Å². The summed E-state index contributed by atoms with van der Waals surface area (Å²) >= 11 is 5.35. The third-order valence-corrected chi connectivity index (χ3v) is 2.22. The van der Waals surface area contributed by atoms with Crippen molar-refractivity contribution < 1.29 is 14.4 Å². The van der Waals surface area contributed by atoms with E-state index in [0.29, 0.717) is 0 Å². The van der Waals surface area contributed by atoms with Crippen molar-refractivity contribution in [3.05, 3.63) is 34.1 Å². The standard InChI is InChI=1S/C9H10ClFN2O3/c10-4-7(14)5-12-9-3-6(13(15)16)1-2-8(9)11/h1-3,7,12,14H,4-5H2. The van der Waals surface area contributed by atoms with Crippen LogP contribution in [0.5, 0.6) is 0 Å². The number of nitrogens with one attached hydrogen (secondary N) is 1. The van der Waals surface area contributed by atoms with Crippen molar-refractivity contribution in [2.45, 2.75) is 6.10 Å². The van der Waals surface area contributed by atoms with Crippen molar-refractivity contribution in [1.82, 2.24) is 0 Å². The number of non-ortho nitro benzene ring substituents is 1. The van der Waals surface area contributed by atoms with E-state index in [1.165, 1.54) is 0 Å². The number of nitro benzene ring substituents is 1. The Labute approximate surface area is 96.0 Å². The molecule has 1 rings (SSSR count). The predicted octanol–water partition coefficient (Wildman–Crippen LogP) is 1.75. The number of nitrogens with zero attached hydrogens (tertiary/aromatic N) is 1. The van der Waals surface area contributed by atoms with Crippen LogP contribution in [0.1, 0.15) is 0 Å². The molecule has 0 aliphatic carbocycles. The molecule has 0 aliphatic heterocycles. The molecule has 0 radical (unpaired) electrons. The Bertz CT molecular complexity index is 389. The molecule has 0 bridgehead atoms. The summed E-state index contributed by atoms with van der Waals surface area (Å²) in [6.07, 6.45) is -0.833. The zero-order valence-electron chi connectivity index (χ0n) is 8.19. The molecule has 0 saturated carbocycles. The maximum Gasteiger partial charge on any atom is 0.271 e. The van der Waals surface area contributed by atoms with Crippen molar-refractivity contribution in [3.8, 4) is 0 Å². The number of anilines is 1. The molecule has 0 spiro atoms. The highest BCUT2D eigenvalue weighted by molar-refractivity contribution is 6.18. The third kappa shape index (κ3) is 3.32. The smallest absolute Gasteiger partial charge is 0.271 e. The fourth-order valence-electron chi connectivity index (χ4n) is 1.04. The van der Waals surface area contributed by atoms with Gasteiger partial charge in [-0.15, -0.1) is 11.6 Å². The van der Waals surface area contributed by atoms with Crippen LogP contribution in [0.25, 0.3) is 0 Å². The lowest BCUT2D eigenvalue weighted by atomic mass is 10.2. The van der Waals surface area contributed by atoms with Crippen molar-refractivity contribution in [2.24, 2.45) is 0 Å². The van der Waals surface area contributed by atoms with E-state index >= 15 is 0 Å². The summed E-state index contributed by atoms with van der Waals surface area (Å²) in [7, 11) is 0. The lowest BCUT2D eigenvalue weighted by molar-refractivity contribution is -0.384. The van der Waals surface area contributed by atoms with Crippen LogP contribution in [-0.4, -0.2) is 28.6 Å². The highest BCUT2D eigenvalue weighted by Crippen LogP contribution is 2.21. The molecule has 0 fully saturated rings. The zero-order valence-corrected chi connectivity index (χ0v) is 8.95. The number of hydrogen-bond donors (Lipinski definition) is 2. The van der Waals surface area contributed by atoms with E-state index in [2.05, 4.69) is 5.32 Å². The summed E-state index contributed by atoms with van der Waals surface area (Å²) in [5, 5.41) is 22.1. The molecule has 0 aromatic heterocycles. The van der Waals surface area contributed by atoms with Gasteiger partial charge < -0.3 is 10.4 Å². The fraction of sp³-hybridized carbons (Fsp3) is 0.333. The first-order chi connectivity index (χ1) is 7.54. The first-order valence-electron chi connectivity index (χ1n) is 4.46. The molecular formula is C9H10ClFN2O3. The normalized spacial score (nSPS) is 12.2. The summed E-state index contributed by atoms with van der Waals surface area (Å²) < 4.78 is 13.2. The molecule has 0 amide bonds. The Morgan fingerprint density at radius 3 is 2.88 bits per heavy atom. The summed E-state index contributed by atoms with van der Waals surface area (Å²) in [6.45, 7) is 0.0294. The minimum atomic E-state index is -0.833. The number of halogens is 2. The van der Waals surface area contributed by atoms with Gasteiger partial charge in [0.15, 0.2) is 0 Å². The van der Waals surface area contributed by atoms with Gasteiger partial charge in [0.2, 0.25) is 0 Å². The quantitative estimate of drug-likeness (QED) is 0.473. The van der Waals surface area contributed by atoms with Crippen LogP contribution < -0.4 is 5.32 Å². The van der Waals surface area contributed by atoms with Crippen molar-refractivity contribution >= 4 is 23.0 Å². The van der Waals surface area contributed by atoms with E-state index in [0.717, 1.165) is 18.2 Å². The zero-order chi connectivity index (χ0) is 12.1.